The van der Waals surface area contributed by atoms with Gasteiger partial charge >= 0.3 is 0 Å². The molecule has 0 fully saturated rings. The van der Waals surface area contributed by atoms with Crippen LogP contribution in [0.2, 0.25) is 0 Å². The molecule has 2 nitrogen and oxygen atoms in total. The summed E-state index contributed by atoms with van der Waals surface area (Å²) < 4.78 is 2.38. The summed E-state index contributed by atoms with van der Waals surface area (Å²) >= 11 is 0. The van der Waals surface area contributed by atoms with Gasteiger partial charge in [-0.1, -0.05) is 206 Å². The first-order chi connectivity index (χ1) is 36.2. The molecule has 1 spiro atoms. The van der Waals surface area contributed by atoms with Crippen LogP contribution >= 0.6 is 0 Å². The molecular weight excluding hydrogens is 881 g/mol. The van der Waals surface area contributed by atoms with E-state index >= 15 is 0 Å². The topological polar surface area (TPSA) is 8.17 Å². The summed E-state index contributed by atoms with van der Waals surface area (Å²) in [5, 5.41) is 5.00. The average Bonchev–Trinajstić information content (AvgIpc) is 4.16. The maximum absolute atomic E-state index is 2.48. The molecule has 0 aliphatic heterocycles. The number of hydrogen-bond acceptors (Lipinski definition) is 1. The summed E-state index contributed by atoms with van der Waals surface area (Å²) in [5.41, 5.74) is 24.2. The molecule has 0 N–H and O–H groups in total. The van der Waals surface area contributed by atoms with Crippen molar-refractivity contribution in [2.75, 3.05) is 4.90 Å². The zero-order valence-corrected chi connectivity index (χ0v) is 40.0. The molecule has 73 heavy (non-hydrogen) atoms. The number of fused-ring (bicyclic) bond motifs is 14. The number of benzene rings is 12. The predicted octanol–water partition coefficient (Wildman–Crippen LogP) is 18.8. The highest BCUT2D eigenvalue weighted by Crippen LogP contribution is 2.63. The minimum absolute atomic E-state index is 0.447. The van der Waals surface area contributed by atoms with Crippen LogP contribution in [0.3, 0.4) is 0 Å². The third-order valence-electron chi connectivity index (χ3n) is 15.8. The highest BCUT2D eigenvalue weighted by Gasteiger charge is 2.51. The molecule has 0 saturated carbocycles. The molecule has 340 valence electrons. The van der Waals surface area contributed by atoms with Crippen LogP contribution in [0.4, 0.5) is 17.1 Å². The van der Waals surface area contributed by atoms with Crippen molar-refractivity contribution in [3.05, 3.63) is 301 Å². The van der Waals surface area contributed by atoms with E-state index in [9.17, 15) is 0 Å². The maximum Gasteiger partial charge on any atom is 0.0726 e. The van der Waals surface area contributed by atoms with E-state index in [-0.39, 0.29) is 0 Å². The lowest BCUT2D eigenvalue weighted by Crippen LogP contribution is -2.26. The molecule has 2 aliphatic rings. The second kappa shape index (κ2) is 16.3. The molecule has 2 aliphatic carbocycles. The van der Waals surface area contributed by atoms with Gasteiger partial charge in [0, 0.05) is 33.5 Å². The van der Waals surface area contributed by atoms with Crippen molar-refractivity contribution in [1.29, 1.82) is 0 Å². The zero-order chi connectivity index (χ0) is 48.0. The van der Waals surface area contributed by atoms with Crippen LogP contribution in [-0.2, 0) is 5.41 Å². The fourth-order valence-electron chi connectivity index (χ4n) is 12.6. The largest absolute Gasteiger partial charge is 0.310 e. The normalized spacial score (nSPS) is 12.8. The molecule has 1 aromatic heterocycles. The van der Waals surface area contributed by atoms with Gasteiger partial charge in [-0.15, -0.1) is 0 Å². The highest BCUT2D eigenvalue weighted by atomic mass is 15.1. The lowest BCUT2D eigenvalue weighted by Gasteiger charge is -2.32. The minimum Gasteiger partial charge on any atom is -0.310 e. The number of aromatic nitrogens is 1. The molecule has 1 heterocycles. The third kappa shape index (κ3) is 6.24. The number of anilines is 3. The van der Waals surface area contributed by atoms with Gasteiger partial charge < -0.3 is 9.47 Å². The van der Waals surface area contributed by atoms with Gasteiger partial charge in [-0.3, -0.25) is 0 Å². The Morgan fingerprint density at radius 2 is 0.740 bits per heavy atom. The number of para-hydroxylation sites is 2. The van der Waals surface area contributed by atoms with Gasteiger partial charge in [-0.2, -0.15) is 0 Å². The van der Waals surface area contributed by atoms with Crippen molar-refractivity contribution in [1.82, 2.24) is 4.57 Å². The number of nitrogens with zero attached hydrogens (tertiary/aromatic N) is 2. The smallest absolute Gasteiger partial charge is 0.0726 e. The summed E-state index contributed by atoms with van der Waals surface area (Å²) in [6.07, 6.45) is 0. The zero-order valence-electron chi connectivity index (χ0n) is 40.0. The van der Waals surface area contributed by atoms with E-state index in [1.165, 1.54) is 116 Å². The van der Waals surface area contributed by atoms with E-state index in [0.717, 1.165) is 17.1 Å². The summed E-state index contributed by atoms with van der Waals surface area (Å²) in [6, 6.07) is 103. The van der Waals surface area contributed by atoms with E-state index in [1.807, 2.05) is 0 Å². The second-order valence-corrected chi connectivity index (χ2v) is 19.6. The Balaban J connectivity index is 0.852. The minimum atomic E-state index is -0.447. The molecule has 15 rings (SSSR count). The first-order valence-electron chi connectivity index (χ1n) is 25.3. The van der Waals surface area contributed by atoms with Gasteiger partial charge in [-0.25, -0.2) is 0 Å². The Morgan fingerprint density at radius 1 is 0.260 bits per heavy atom. The van der Waals surface area contributed by atoms with Crippen LogP contribution in [0.25, 0.3) is 93.9 Å². The standard InChI is InChI=1S/C71H46N2/c1-2-20-53(21-3-1)73-69-31-13-9-26-63(69)64-45-52(36-43-70(64)73)51-19-14-18-50(44-51)47-32-37-54(38-33-47)72(55-39-34-49(35-40-55)58-27-15-17-48-16-4-5-22-57(48)58)56-41-42-62-61-25-8-12-30-67(61)71(68(62)46-56)65-28-10-6-23-59(65)60-24-7-11-29-66(60)71/h1-46H. The lowest BCUT2D eigenvalue weighted by atomic mass is 9.70. The fourth-order valence-corrected chi connectivity index (χ4v) is 12.6. The average molecular weight is 927 g/mol. The molecule has 2 heteroatoms. The van der Waals surface area contributed by atoms with Gasteiger partial charge in [-0.05, 0) is 161 Å². The fraction of sp³-hybridized carbons (Fsp3) is 0.0141. The van der Waals surface area contributed by atoms with Crippen LogP contribution in [0.5, 0.6) is 0 Å². The van der Waals surface area contributed by atoms with Gasteiger partial charge in [0.15, 0.2) is 0 Å². The first kappa shape index (κ1) is 41.3. The summed E-state index contributed by atoms with van der Waals surface area (Å²) in [6.45, 7) is 0. The van der Waals surface area contributed by atoms with Crippen LogP contribution in [0.15, 0.2) is 279 Å². The number of hydrogen-bond donors (Lipinski definition) is 0. The molecule has 0 atom stereocenters. The Kier molecular flexibility index (Phi) is 9.21. The molecule has 13 aromatic rings. The van der Waals surface area contributed by atoms with Crippen molar-refractivity contribution in [3.8, 4) is 61.3 Å². The van der Waals surface area contributed by atoms with Gasteiger partial charge in [0.25, 0.3) is 0 Å². The molecule has 12 aromatic carbocycles. The van der Waals surface area contributed by atoms with E-state index in [2.05, 4.69) is 289 Å². The van der Waals surface area contributed by atoms with Crippen LogP contribution in [0, 0.1) is 0 Å². The third-order valence-corrected chi connectivity index (χ3v) is 15.8. The Hall–Kier alpha value is -9.50. The molecule has 0 saturated heterocycles. The summed E-state index contributed by atoms with van der Waals surface area (Å²) in [5.74, 6) is 0. The molecule has 0 bridgehead atoms. The SMILES string of the molecule is c1ccc(-n2c3ccccc3c3cc(-c4cccc(-c5ccc(N(c6ccc(-c7cccc8ccccc78)cc6)c6ccc7c(c6)C6(c8ccccc8-c8ccccc86)c6ccccc6-7)cc5)c4)ccc32)cc1. The van der Waals surface area contributed by atoms with Gasteiger partial charge in [0.1, 0.15) is 0 Å². The molecule has 0 unspecified atom stereocenters. The van der Waals surface area contributed by atoms with Gasteiger partial charge in [0.05, 0.1) is 16.4 Å². The molecule has 0 radical (unpaired) electrons. The second-order valence-electron chi connectivity index (χ2n) is 19.6. The quantitative estimate of drug-likeness (QED) is 0.155. The van der Waals surface area contributed by atoms with E-state index in [1.54, 1.807) is 0 Å². The predicted molar refractivity (Wildman–Crippen MR) is 306 cm³/mol. The van der Waals surface area contributed by atoms with E-state index < -0.39 is 5.41 Å². The first-order valence-corrected chi connectivity index (χ1v) is 25.3. The maximum atomic E-state index is 2.48. The van der Waals surface area contributed by atoms with Crippen LogP contribution in [-0.4, -0.2) is 4.57 Å². The van der Waals surface area contributed by atoms with Crippen molar-refractivity contribution in [3.63, 3.8) is 0 Å². The van der Waals surface area contributed by atoms with Crippen LogP contribution in [0.1, 0.15) is 22.3 Å². The monoisotopic (exact) mass is 926 g/mol. The van der Waals surface area contributed by atoms with Crippen molar-refractivity contribution >= 4 is 49.6 Å². The van der Waals surface area contributed by atoms with Crippen molar-refractivity contribution in [2.24, 2.45) is 0 Å². The highest BCUT2D eigenvalue weighted by molar-refractivity contribution is 6.10. The molecular formula is C71H46N2. The molecule has 0 amide bonds. The number of rotatable bonds is 7. The van der Waals surface area contributed by atoms with E-state index in [4.69, 9.17) is 0 Å². The van der Waals surface area contributed by atoms with Crippen LogP contribution < -0.4 is 4.90 Å². The van der Waals surface area contributed by atoms with Gasteiger partial charge in [0.2, 0.25) is 0 Å². The van der Waals surface area contributed by atoms with Crippen molar-refractivity contribution < 1.29 is 0 Å². The van der Waals surface area contributed by atoms with E-state index in [0.29, 0.717) is 0 Å². The van der Waals surface area contributed by atoms with Crippen molar-refractivity contribution in [2.45, 2.75) is 5.41 Å². The Morgan fingerprint density at radius 3 is 1.44 bits per heavy atom. The lowest BCUT2D eigenvalue weighted by molar-refractivity contribution is 0.793. The summed E-state index contributed by atoms with van der Waals surface area (Å²) in [4.78, 5) is 2.44. The summed E-state index contributed by atoms with van der Waals surface area (Å²) in [7, 11) is 0. The Bertz CT molecular complexity index is 4240. The Labute approximate surface area is 425 Å².